The highest BCUT2D eigenvalue weighted by atomic mass is 35.5. The highest BCUT2D eigenvalue weighted by Crippen LogP contribution is 2.25. The lowest BCUT2D eigenvalue weighted by molar-refractivity contribution is 0.459. The molecule has 1 heterocycles. The molecule has 1 aliphatic rings. The van der Waals surface area contributed by atoms with Crippen LogP contribution in [0.5, 0.6) is 0 Å². The van der Waals surface area contributed by atoms with Crippen LogP contribution >= 0.6 is 24.0 Å². The van der Waals surface area contributed by atoms with E-state index in [4.69, 9.17) is 17.3 Å². The van der Waals surface area contributed by atoms with Gasteiger partial charge in [0.25, 0.3) is 0 Å². The molecule has 1 unspecified atom stereocenters. The summed E-state index contributed by atoms with van der Waals surface area (Å²) in [6.45, 7) is 1.57. The highest BCUT2D eigenvalue weighted by Gasteiger charge is 2.31. The maximum absolute atomic E-state index is 12.3. The number of halogens is 2. The van der Waals surface area contributed by atoms with E-state index in [0.29, 0.717) is 24.7 Å². The first-order valence-corrected chi connectivity index (χ1v) is 7.31. The van der Waals surface area contributed by atoms with Crippen LogP contribution in [0.2, 0.25) is 5.02 Å². The Labute approximate surface area is 119 Å². The van der Waals surface area contributed by atoms with Crippen molar-refractivity contribution in [2.24, 2.45) is 11.7 Å². The van der Waals surface area contributed by atoms with Crippen LogP contribution in [0.15, 0.2) is 29.2 Å². The molecule has 18 heavy (non-hydrogen) atoms. The van der Waals surface area contributed by atoms with Gasteiger partial charge in [0, 0.05) is 18.1 Å². The zero-order valence-corrected chi connectivity index (χ0v) is 12.1. The molecule has 0 saturated carbocycles. The fourth-order valence-corrected chi connectivity index (χ4v) is 3.82. The number of sulfonamides is 1. The van der Waals surface area contributed by atoms with Gasteiger partial charge in [-0.05, 0) is 37.1 Å². The topological polar surface area (TPSA) is 63.4 Å². The second-order valence-electron chi connectivity index (χ2n) is 4.21. The van der Waals surface area contributed by atoms with Crippen LogP contribution in [0, 0.1) is 5.92 Å². The minimum Gasteiger partial charge on any atom is -0.330 e. The van der Waals surface area contributed by atoms with Crippen molar-refractivity contribution in [3.63, 3.8) is 0 Å². The zero-order chi connectivity index (χ0) is 12.5. The molecule has 2 N–H and O–H groups in total. The van der Waals surface area contributed by atoms with Crippen molar-refractivity contribution in [2.75, 3.05) is 19.6 Å². The quantitative estimate of drug-likeness (QED) is 0.924. The van der Waals surface area contributed by atoms with Gasteiger partial charge in [0.2, 0.25) is 10.0 Å². The fraction of sp³-hybridized carbons (Fsp3) is 0.455. The number of rotatable bonds is 3. The lowest BCUT2D eigenvalue weighted by Crippen LogP contribution is -2.30. The van der Waals surface area contributed by atoms with Crippen molar-refractivity contribution in [2.45, 2.75) is 11.3 Å². The van der Waals surface area contributed by atoms with Gasteiger partial charge in [-0.1, -0.05) is 17.7 Å². The molecular formula is C11H16Cl2N2O2S. The van der Waals surface area contributed by atoms with Crippen molar-refractivity contribution >= 4 is 34.0 Å². The summed E-state index contributed by atoms with van der Waals surface area (Å²) >= 11 is 5.81. The molecule has 7 heteroatoms. The van der Waals surface area contributed by atoms with E-state index in [1.165, 1.54) is 10.4 Å². The zero-order valence-electron chi connectivity index (χ0n) is 9.75. The number of nitrogens with two attached hydrogens (primary N) is 1. The molecule has 1 aromatic carbocycles. The molecule has 0 bridgehead atoms. The first-order chi connectivity index (χ1) is 8.04. The maximum atomic E-state index is 12.3. The van der Waals surface area contributed by atoms with Gasteiger partial charge in [0.15, 0.2) is 0 Å². The van der Waals surface area contributed by atoms with E-state index in [1.807, 2.05) is 0 Å². The van der Waals surface area contributed by atoms with Crippen LogP contribution in [-0.2, 0) is 10.0 Å². The van der Waals surface area contributed by atoms with Gasteiger partial charge >= 0.3 is 0 Å². The van der Waals surface area contributed by atoms with Crippen molar-refractivity contribution in [3.8, 4) is 0 Å². The van der Waals surface area contributed by atoms with E-state index >= 15 is 0 Å². The summed E-state index contributed by atoms with van der Waals surface area (Å²) in [5.74, 6) is 0.268. The number of hydrogen-bond donors (Lipinski definition) is 1. The van der Waals surface area contributed by atoms with E-state index in [0.717, 1.165) is 6.42 Å². The van der Waals surface area contributed by atoms with Crippen molar-refractivity contribution in [3.05, 3.63) is 29.3 Å². The van der Waals surface area contributed by atoms with Crippen LogP contribution in [0.4, 0.5) is 0 Å². The summed E-state index contributed by atoms with van der Waals surface area (Å²) in [6.07, 6.45) is 0.830. The Bertz CT molecular complexity index is 508. The Kier molecular flexibility index (Phi) is 5.43. The average molecular weight is 311 g/mol. The van der Waals surface area contributed by atoms with E-state index in [-0.39, 0.29) is 23.2 Å². The molecule has 0 aromatic heterocycles. The fourth-order valence-electron chi connectivity index (χ4n) is 1.98. The van der Waals surface area contributed by atoms with E-state index < -0.39 is 10.0 Å². The number of benzene rings is 1. The first-order valence-electron chi connectivity index (χ1n) is 5.50. The van der Waals surface area contributed by atoms with E-state index in [2.05, 4.69) is 0 Å². The molecule has 1 atom stereocenters. The molecule has 0 radical (unpaired) electrons. The van der Waals surface area contributed by atoms with Crippen LogP contribution in [0.1, 0.15) is 6.42 Å². The maximum Gasteiger partial charge on any atom is 0.243 e. The monoisotopic (exact) mass is 310 g/mol. The average Bonchev–Trinajstić information content (AvgIpc) is 2.78. The summed E-state index contributed by atoms with van der Waals surface area (Å²) in [5, 5.41) is 0.431. The summed E-state index contributed by atoms with van der Waals surface area (Å²) in [7, 11) is -3.41. The molecule has 0 amide bonds. The van der Waals surface area contributed by atoms with Gasteiger partial charge in [-0.2, -0.15) is 4.31 Å². The molecule has 1 aromatic rings. The van der Waals surface area contributed by atoms with Crippen LogP contribution in [0.25, 0.3) is 0 Å². The molecule has 0 spiro atoms. The van der Waals surface area contributed by atoms with Gasteiger partial charge in [-0.3, -0.25) is 0 Å². The normalized spacial score (nSPS) is 20.7. The molecule has 1 fully saturated rings. The van der Waals surface area contributed by atoms with Crippen LogP contribution in [-0.4, -0.2) is 32.4 Å². The Morgan fingerprint density at radius 2 is 2.17 bits per heavy atom. The third-order valence-electron chi connectivity index (χ3n) is 3.02. The summed E-state index contributed by atoms with van der Waals surface area (Å²) in [5.41, 5.74) is 5.56. The van der Waals surface area contributed by atoms with Gasteiger partial charge in [0.05, 0.1) is 4.90 Å². The molecule has 4 nitrogen and oxygen atoms in total. The highest BCUT2D eigenvalue weighted by molar-refractivity contribution is 7.89. The molecular weight excluding hydrogens is 295 g/mol. The van der Waals surface area contributed by atoms with Gasteiger partial charge < -0.3 is 5.73 Å². The van der Waals surface area contributed by atoms with Crippen molar-refractivity contribution in [1.29, 1.82) is 0 Å². The van der Waals surface area contributed by atoms with Crippen molar-refractivity contribution < 1.29 is 8.42 Å². The predicted octanol–water partition coefficient (Wildman–Crippen LogP) is 1.73. The lowest BCUT2D eigenvalue weighted by Gasteiger charge is -2.16. The molecule has 1 aliphatic heterocycles. The first kappa shape index (κ1) is 15.7. The van der Waals surface area contributed by atoms with Crippen molar-refractivity contribution in [1.82, 2.24) is 4.31 Å². The summed E-state index contributed by atoms with van der Waals surface area (Å²) < 4.78 is 26.0. The SMILES string of the molecule is Cl.NCC1CCN(S(=O)(=O)c2cccc(Cl)c2)C1. The predicted molar refractivity (Wildman–Crippen MR) is 74.6 cm³/mol. The Morgan fingerprint density at radius 3 is 2.72 bits per heavy atom. The van der Waals surface area contributed by atoms with Gasteiger partial charge in [-0.15, -0.1) is 12.4 Å². The second-order valence-corrected chi connectivity index (χ2v) is 6.59. The summed E-state index contributed by atoms with van der Waals surface area (Å²) in [6, 6.07) is 6.35. The molecule has 2 rings (SSSR count). The summed E-state index contributed by atoms with van der Waals surface area (Å²) in [4.78, 5) is 0.252. The largest absolute Gasteiger partial charge is 0.330 e. The third-order valence-corrected chi connectivity index (χ3v) is 5.11. The Morgan fingerprint density at radius 1 is 1.44 bits per heavy atom. The van der Waals surface area contributed by atoms with Gasteiger partial charge in [-0.25, -0.2) is 8.42 Å². The second kappa shape index (κ2) is 6.21. The minimum absolute atomic E-state index is 0. The molecule has 1 saturated heterocycles. The number of hydrogen-bond acceptors (Lipinski definition) is 3. The van der Waals surface area contributed by atoms with Crippen LogP contribution < -0.4 is 5.73 Å². The smallest absolute Gasteiger partial charge is 0.243 e. The molecule has 0 aliphatic carbocycles. The Hall–Kier alpha value is -0.330. The standard InChI is InChI=1S/C11H15ClN2O2S.ClH/c12-10-2-1-3-11(6-10)17(15,16)14-5-4-9(7-13)8-14;/h1-3,6,9H,4-5,7-8,13H2;1H. The van der Waals surface area contributed by atoms with E-state index in [9.17, 15) is 8.42 Å². The van der Waals surface area contributed by atoms with Gasteiger partial charge in [0.1, 0.15) is 0 Å². The number of nitrogens with zero attached hydrogens (tertiary/aromatic N) is 1. The van der Waals surface area contributed by atoms with E-state index in [1.54, 1.807) is 18.2 Å². The lowest BCUT2D eigenvalue weighted by atomic mass is 10.1. The Balaban J connectivity index is 0.00000162. The minimum atomic E-state index is -3.41. The third kappa shape index (κ3) is 3.16. The van der Waals surface area contributed by atoms with Crippen LogP contribution in [0.3, 0.4) is 0 Å². The molecule has 102 valence electrons.